The minimum absolute atomic E-state index is 0.167. The fraction of sp³-hybridized carbons (Fsp3) is 0.400. The summed E-state index contributed by atoms with van der Waals surface area (Å²) < 4.78 is 5.86. The first-order chi connectivity index (χ1) is 12.0. The Labute approximate surface area is 150 Å². The van der Waals surface area contributed by atoms with Gasteiger partial charge in [0.15, 0.2) is 0 Å². The maximum absolute atomic E-state index is 8.86. The summed E-state index contributed by atoms with van der Waals surface area (Å²) in [7, 11) is 0. The molecule has 0 unspecified atom stereocenters. The van der Waals surface area contributed by atoms with Crippen LogP contribution in [0.15, 0.2) is 47.9 Å². The summed E-state index contributed by atoms with van der Waals surface area (Å²) in [6.45, 7) is 10.4. The molecule has 132 valence electrons. The molecule has 0 amide bonds. The third kappa shape index (κ3) is 5.47. The quantitative estimate of drug-likeness (QED) is 0.638. The number of rotatable bonds is 6. The van der Waals surface area contributed by atoms with Crippen molar-refractivity contribution in [2.24, 2.45) is 10.7 Å². The van der Waals surface area contributed by atoms with Gasteiger partial charge < -0.3 is 15.4 Å². The molecular weight excluding hydrogens is 312 g/mol. The minimum atomic E-state index is 0.167. The van der Waals surface area contributed by atoms with E-state index in [1.165, 1.54) is 6.20 Å². The number of benzene rings is 1. The molecule has 0 aromatic heterocycles. The summed E-state index contributed by atoms with van der Waals surface area (Å²) >= 11 is 0. The van der Waals surface area contributed by atoms with Crippen molar-refractivity contribution in [3.05, 3.63) is 54.1 Å². The van der Waals surface area contributed by atoms with Gasteiger partial charge in [-0.15, -0.1) is 0 Å². The second kappa shape index (κ2) is 9.05. The number of nitriles is 1. The van der Waals surface area contributed by atoms with E-state index in [9.17, 15) is 0 Å². The van der Waals surface area contributed by atoms with E-state index in [4.69, 9.17) is 15.7 Å². The van der Waals surface area contributed by atoms with Gasteiger partial charge in [-0.3, -0.25) is 0 Å². The van der Waals surface area contributed by atoms with Gasteiger partial charge in [0.1, 0.15) is 6.10 Å². The smallest absolute Gasteiger partial charge is 0.205 e. The zero-order chi connectivity index (χ0) is 18.2. The van der Waals surface area contributed by atoms with Gasteiger partial charge in [-0.2, -0.15) is 5.26 Å². The Bertz CT molecular complexity index is 675. The molecule has 1 heterocycles. The van der Waals surface area contributed by atoms with Crippen molar-refractivity contribution >= 4 is 11.8 Å². The lowest BCUT2D eigenvalue weighted by Gasteiger charge is -2.34. The Hall–Kier alpha value is -2.58. The van der Waals surface area contributed by atoms with Crippen LogP contribution in [-0.2, 0) is 4.74 Å². The second-order valence-corrected chi connectivity index (χ2v) is 6.41. The monoisotopic (exact) mass is 338 g/mol. The molecule has 1 aliphatic heterocycles. The summed E-state index contributed by atoms with van der Waals surface area (Å²) in [5, 5.41) is 8.86. The number of hydrogen-bond donors (Lipinski definition) is 1. The van der Waals surface area contributed by atoms with E-state index in [1.54, 1.807) is 18.3 Å². The molecule has 1 aromatic carbocycles. The average molecular weight is 338 g/mol. The molecule has 1 aromatic rings. The molecule has 0 saturated carbocycles. The van der Waals surface area contributed by atoms with Crippen molar-refractivity contribution < 1.29 is 4.74 Å². The fourth-order valence-corrected chi connectivity index (χ4v) is 2.83. The highest BCUT2D eigenvalue weighted by atomic mass is 16.5. The Balaban J connectivity index is 1.89. The van der Waals surface area contributed by atoms with Gasteiger partial charge in [0.2, 0.25) is 5.88 Å². The van der Waals surface area contributed by atoms with Gasteiger partial charge in [-0.1, -0.05) is 12.1 Å². The molecule has 1 aliphatic rings. The summed E-state index contributed by atoms with van der Waals surface area (Å²) in [4.78, 5) is 6.74. The molecular formula is C20H26N4O. The van der Waals surface area contributed by atoms with Crippen LogP contribution in [0.5, 0.6) is 0 Å². The topological polar surface area (TPSA) is 74.6 Å². The Morgan fingerprint density at radius 1 is 1.36 bits per heavy atom. The highest BCUT2D eigenvalue weighted by Crippen LogP contribution is 2.19. The predicted molar refractivity (Wildman–Crippen MR) is 102 cm³/mol. The SMILES string of the molecule is C=C(N=C/C(=C\N)c1ccc(C#N)cc1)OC1CCN(C(C)C)CC1. The molecule has 1 fully saturated rings. The molecule has 0 atom stereocenters. The normalized spacial score (nSPS) is 17.0. The number of allylic oxidation sites excluding steroid dienone is 1. The van der Waals surface area contributed by atoms with E-state index >= 15 is 0 Å². The summed E-state index contributed by atoms with van der Waals surface area (Å²) in [6, 6.07) is 9.86. The van der Waals surface area contributed by atoms with Gasteiger partial charge in [0, 0.05) is 37.1 Å². The van der Waals surface area contributed by atoms with Crippen LogP contribution in [0.25, 0.3) is 5.57 Å². The van der Waals surface area contributed by atoms with E-state index in [2.05, 4.69) is 36.4 Å². The molecule has 2 N–H and O–H groups in total. The maximum Gasteiger partial charge on any atom is 0.205 e. The number of piperidine rings is 1. The van der Waals surface area contributed by atoms with Crippen molar-refractivity contribution in [3.63, 3.8) is 0 Å². The number of ether oxygens (including phenoxy) is 1. The van der Waals surface area contributed by atoms with Gasteiger partial charge in [0.25, 0.3) is 0 Å². The first-order valence-electron chi connectivity index (χ1n) is 8.59. The van der Waals surface area contributed by atoms with Crippen molar-refractivity contribution in [2.45, 2.75) is 38.8 Å². The van der Waals surface area contributed by atoms with Crippen LogP contribution < -0.4 is 5.73 Å². The average Bonchev–Trinajstić information content (AvgIpc) is 2.63. The highest BCUT2D eigenvalue weighted by molar-refractivity contribution is 6.09. The molecule has 0 aliphatic carbocycles. The summed E-state index contributed by atoms with van der Waals surface area (Å²) in [5.41, 5.74) is 7.95. The largest absolute Gasteiger partial charge is 0.475 e. The van der Waals surface area contributed by atoms with E-state index in [0.29, 0.717) is 17.5 Å². The molecule has 0 bridgehead atoms. The minimum Gasteiger partial charge on any atom is -0.475 e. The second-order valence-electron chi connectivity index (χ2n) is 6.41. The number of likely N-dealkylation sites (tertiary alicyclic amines) is 1. The van der Waals surface area contributed by atoms with Crippen LogP contribution in [0.2, 0.25) is 0 Å². The molecule has 2 rings (SSSR count). The molecule has 1 saturated heterocycles. The number of hydrogen-bond acceptors (Lipinski definition) is 5. The van der Waals surface area contributed by atoms with Crippen LogP contribution >= 0.6 is 0 Å². The zero-order valence-electron chi connectivity index (χ0n) is 15.0. The standard InChI is InChI=1S/C20H26N4O/c1-15(2)24-10-8-20(9-11-24)25-16(3)23-14-19(13-22)18-6-4-17(12-21)5-7-18/h4-7,13-15,20H,3,8-11,22H2,1-2H3/b19-13+,23-14?. The van der Waals surface area contributed by atoms with Crippen molar-refractivity contribution in [1.82, 2.24) is 4.90 Å². The maximum atomic E-state index is 8.86. The number of aliphatic imine (C=N–C) groups is 1. The highest BCUT2D eigenvalue weighted by Gasteiger charge is 2.22. The van der Waals surface area contributed by atoms with Crippen LogP contribution in [0.4, 0.5) is 0 Å². The Morgan fingerprint density at radius 2 is 2.00 bits per heavy atom. The van der Waals surface area contributed by atoms with E-state index < -0.39 is 0 Å². The van der Waals surface area contributed by atoms with Gasteiger partial charge in [-0.25, -0.2) is 4.99 Å². The first-order valence-corrected chi connectivity index (χ1v) is 8.59. The molecule has 25 heavy (non-hydrogen) atoms. The van der Waals surface area contributed by atoms with Crippen LogP contribution in [-0.4, -0.2) is 36.3 Å². The van der Waals surface area contributed by atoms with Crippen molar-refractivity contribution in [2.75, 3.05) is 13.1 Å². The molecule has 0 radical (unpaired) electrons. The third-order valence-corrected chi connectivity index (χ3v) is 4.38. The van der Waals surface area contributed by atoms with Gasteiger partial charge in [0.05, 0.1) is 11.6 Å². The van der Waals surface area contributed by atoms with Gasteiger partial charge in [-0.05, 0) is 51.0 Å². The van der Waals surface area contributed by atoms with Gasteiger partial charge >= 0.3 is 0 Å². The Kier molecular flexibility index (Phi) is 6.79. The lowest BCUT2D eigenvalue weighted by Crippen LogP contribution is -2.40. The fourth-order valence-electron chi connectivity index (χ4n) is 2.83. The van der Waals surface area contributed by atoms with Crippen molar-refractivity contribution in [3.8, 4) is 6.07 Å². The van der Waals surface area contributed by atoms with Crippen LogP contribution in [0, 0.1) is 11.3 Å². The summed E-state index contributed by atoms with van der Waals surface area (Å²) in [5.74, 6) is 0.399. The van der Waals surface area contributed by atoms with Crippen LogP contribution in [0.3, 0.4) is 0 Å². The van der Waals surface area contributed by atoms with E-state index in [1.807, 2.05) is 12.1 Å². The van der Waals surface area contributed by atoms with E-state index in [-0.39, 0.29) is 6.10 Å². The predicted octanol–water partition coefficient (Wildman–Crippen LogP) is 3.29. The third-order valence-electron chi connectivity index (χ3n) is 4.38. The lowest BCUT2D eigenvalue weighted by molar-refractivity contribution is 0.0405. The molecule has 0 spiro atoms. The number of nitrogens with zero attached hydrogens (tertiary/aromatic N) is 3. The van der Waals surface area contributed by atoms with E-state index in [0.717, 1.165) is 37.1 Å². The zero-order valence-corrected chi connectivity index (χ0v) is 15.0. The summed E-state index contributed by atoms with van der Waals surface area (Å²) in [6.07, 6.45) is 5.27. The first kappa shape index (κ1) is 18.8. The van der Waals surface area contributed by atoms with Crippen LogP contribution in [0.1, 0.15) is 37.8 Å². The lowest BCUT2D eigenvalue weighted by atomic mass is 10.1. The molecule has 5 nitrogen and oxygen atoms in total. The molecule has 5 heteroatoms. The Morgan fingerprint density at radius 3 is 2.52 bits per heavy atom. The van der Waals surface area contributed by atoms with Crippen molar-refractivity contribution in [1.29, 1.82) is 5.26 Å². The number of nitrogens with two attached hydrogens (primary N) is 1.